The van der Waals surface area contributed by atoms with E-state index in [0.29, 0.717) is 48.4 Å². The third kappa shape index (κ3) is 7.29. The van der Waals surface area contributed by atoms with Gasteiger partial charge in [0.25, 0.3) is 5.91 Å². The first-order valence-corrected chi connectivity index (χ1v) is 25.0. The normalized spacial score (nSPS) is 39.2. The number of Topliss-reactive ketones (excluding diaryl/α,β-unsaturated/α-hetero) is 1. The van der Waals surface area contributed by atoms with Gasteiger partial charge < -0.3 is 25.6 Å². The Labute approximate surface area is 382 Å². The molecule has 63 heavy (non-hydrogen) atoms. The Morgan fingerprint density at radius 2 is 1.49 bits per heavy atom. The molecular formula is C53H77ClN2O7. The van der Waals surface area contributed by atoms with E-state index in [4.69, 9.17) is 16.3 Å². The third-order valence-electron chi connectivity index (χ3n) is 20.3. The lowest BCUT2D eigenvalue weighted by atomic mass is 9.33. The maximum absolute atomic E-state index is 14.3. The number of carbonyl (C=O) groups is 4. The number of esters is 1. The molecule has 1 amide bonds. The van der Waals surface area contributed by atoms with E-state index in [-0.39, 0.29) is 57.3 Å². The predicted octanol–water partition coefficient (Wildman–Crippen LogP) is 10.4. The van der Waals surface area contributed by atoms with Crippen LogP contribution in [0.3, 0.4) is 0 Å². The van der Waals surface area contributed by atoms with Crippen molar-refractivity contribution in [1.82, 2.24) is 10.6 Å². The van der Waals surface area contributed by atoms with Crippen LogP contribution in [-0.2, 0) is 19.1 Å². The second-order valence-corrected chi connectivity index (χ2v) is 24.5. The molecule has 1 aromatic carbocycles. The number of hydrogen-bond acceptors (Lipinski definition) is 7. The van der Waals surface area contributed by atoms with Gasteiger partial charge in [0.2, 0.25) is 0 Å². The highest BCUT2D eigenvalue weighted by molar-refractivity contribution is 6.30. The number of aliphatic hydroxyl groups excluding tert-OH is 1. The van der Waals surface area contributed by atoms with Crippen LogP contribution in [0.15, 0.2) is 35.4 Å². The van der Waals surface area contributed by atoms with Crippen molar-refractivity contribution in [3.8, 4) is 0 Å². The lowest BCUT2D eigenvalue weighted by Crippen LogP contribution is -2.66. The molecule has 9 nitrogen and oxygen atoms in total. The molecule has 0 heterocycles. The van der Waals surface area contributed by atoms with E-state index >= 15 is 0 Å². The Bertz CT molecular complexity index is 2020. The molecule has 0 saturated heterocycles. The summed E-state index contributed by atoms with van der Waals surface area (Å²) < 4.78 is 6.45. The largest absolute Gasteiger partial charge is 0.481 e. The van der Waals surface area contributed by atoms with Crippen LogP contribution in [-0.4, -0.2) is 64.7 Å². The van der Waals surface area contributed by atoms with Crippen molar-refractivity contribution in [2.45, 2.75) is 176 Å². The van der Waals surface area contributed by atoms with E-state index in [1.807, 2.05) is 13.8 Å². The van der Waals surface area contributed by atoms with Gasteiger partial charge in [-0.15, -0.1) is 0 Å². The topological polar surface area (TPSA) is 142 Å². The van der Waals surface area contributed by atoms with E-state index in [9.17, 15) is 29.4 Å². The predicted molar refractivity (Wildman–Crippen MR) is 246 cm³/mol. The molecule has 0 aromatic heterocycles. The van der Waals surface area contributed by atoms with Gasteiger partial charge in [0.15, 0.2) is 5.78 Å². The number of aliphatic carboxylic acids is 1. The monoisotopic (exact) mass is 889 g/mol. The minimum atomic E-state index is -0.836. The molecule has 7 aliphatic rings. The van der Waals surface area contributed by atoms with Crippen LogP contribution < -0.4 is 10.6 Å². The van der Waals surface area contributed by atoms with E-state index in [2.05, 4.69) is 59.1 Å². The van der Waals surface area contributed by atoms with Crippen LogP contribution in [0.1, 0.15) is 169 Å². The van der Waals surface area contributed by atoms with Crippen molar-refractivity contribution in [2.75, 3.05) is 13.1 Å². The highest BCUT2D eigenvalue weighted by Gasteiger charge is 2.71. The second kappa shape index (κ2) is 16.2. The average molecular weight is 890 g/mol. The van der Waals surface area contributed by atoms with Crippen molar-refractivity contribution in [2.24, 2.45) is 68.0 Å². The van der Waals surface area contributed by atoms with Crippen molar-refractivity contribution in [3.05, 3.63) is 46.0 Å². The molecule has 7 aliphatic carbocycles. The van der Waals surface area contributed by atoms with Gasteiger partial charge in [-0.25, -0.2) is 0 Å². The first kappa shape index (κ1) is 46.8. The fraction of sp³-hybridized carbons (Fsp3) is 0.774. The van der Waals surface area contributed by atoms with Crippen LogP contribution >= 0.6 is 11.6 Å². The summed E-state index contributed by atoms with van der Waals surface area (Å²) in [6.07, 6.45) is 12.5. The summed E-state index contributed by atoms with van der Waals surface area (Å²) in [7, 11) is 0. The molecule has 0 radical (unpaired) electrons. The number of fused-ring (bicyclic) bond motifs is 7. The number of carboxylic acids is 1. The van der Waals surface area contributed by atoms with Crippen LogP contribution in [0.2, 0.25) is 5.02 Å². The number of ketones is 1. The Morgan fingerprint density at radius 3 is 2.13 bits per heavy atom. The van der Waals surface area contributed by atoms with Gasteiger partial charge in [-0.3, -0.25) is 19.2 Å². The number of carboxylic acid groups (broad SMARTS) is 1. The number of rotatable bonds is 11. The number of ether oxygens (including phenoxy) is 1. The smallest absolute Gasteiger partial charge is 0.309 e. The second-order valence-electron chi connectivity index (χ2n) is 24.1. The van der Waals surface area contributed by atoms with Gasteiger partial charge >= 0.3 is 11.9 Å². The van der Waals surface area contributed by atoms with Crippen molar-refractivity contribution < 1.29 is 34.1 Å². The van der Waals surface area contributed by atoms with Gasteiger partial charge in [0, 0.05) is 40.9 Å². The molecular weight excluding hydrogens is 812 g/mol. The number of nitrogens with one attached hydrogen (secondary N) is 2. The van der Waals surface area contributed by atoms with Crippen molar-refractivity contribution in [3.63, 3.8) is 0 Å². The molecule has 10 heteroatoms. The van der Waals surface area contributed by atoms with Crippen LogP contribution in [0.5, 0.6) is 0 Å². The minimum absolute atomic E-state index is 0.0221. The zero-order chi connectivity index (χ0) is 45.7. The molecule has 0 bridgehead atoms. The minimum Gasteiger partial charge on any atom is -0.481 e. The molecule has 0 aliphatic heterocycles. The SMILES string of the molecule is CC(C)C1=C2[C@H]3CC[C@@H]4[C@@]5(C)CC[C@H](OC(=O)[C@H]6C[C@@H](C(=O)O)C6(C)C)C(C)(C)[C@@H]5CC[C@@]4(C)[C@]3(C)CC[C@@]2([C@@H](O)CNCC2(NC(=O)c3ccc(Cl)cc3)CCCCC2)CC1=O. The number of aliphatic hydroxyl groups is 1. The van der Waals surface area contributed by atoms with Gasteiger partial charge in [0.05, 0.1) is 23.5 Å². The zero-order valence-electron chi connectivity index (χ0n) is 39.8. The first-order valence-electron chi connectivity index (χ1n) is 24.7. The Balaban J connectivity index is 1.00. The molecule has 6 fully saturated rings. The fourth-order valence-corrected chi connectivity index (χ4v) is 16.5. The maximum atomic E-state index is 14.3. The van der Waals surface area contributed by atoms with Gasteiger partial charge in [-0.1, -0.05) is 98.8 Å². The molecule has 6 saturated carbocycles. The number of benzene rings is 1. The highest BCUT2D eigenvalue weighted by atomic mass is 35.5. The molecule has 1 aromatic rings. The summed E-state index contributed by atoms with van der Waals surface area (Å²) in [5.74, 6) is -0.756. The van der Waals surface area contributed by atoms with Crippen LogP contribution in [0.4, 0.5) is 0 Å². The lowest BCUT2D eigenvalue weighted by molar-refractivity contribution is -0.238. The molecule has 8 rings (SSSR count). The number of carbonyl (C=O) groups excluding carboxylic acids is 3. The summed E-state index contributed by atoms with van der Waals surface area (Å²) in [5.41, 5.74) is 0.968. The number of halogens is 1. The zero-order valence-corrected chi connectivity index (χ0v) is 40.5. The van der Waals surface area contributed by atoms with E-state index in [1.165, 1.54) is 5.57 Å². The number of amides is 1. The maximum Gasteiger partial charge on any atom is 0.309 e. The lowest BCUT2D eigenvalue weighted by Gasteiger charge is -2.72. The van der Waals surface area contributed by atoms with Crippen LogP contribution in [0, 0.1) is 68.0 Å². The van der Waals surface area contributed by atoms with Crippen molar-refractivity contribution >= 4 is 35.2 Å². The molecule has 0 unspecified atom stereocenters. The summed E-state index contributed by atoms with van der Waals surface area (Å²) in [4.78, 5) is 53.4. The van der Waals surface area contributed by atoms with Gasteiger partial charge in [-0.2, -0.15) is 0 Å². The number of hydrogen-bond donors (Lipinski definition) is 4. The highest BCUT2D eigenvalue weighted by Crippen LogP contribution is 2.77. The first-order chi connectivity index (χ1) is 29.5. The van der Waals surface area contributed by atoms with Gasteiger partial charge in [-0.05, 0) is 146 Å². The summed E-state index contributed by atoms with van der Waals surface area (Å²) in [6, 6.07) is 7.02. The van der Waals surface area contributed by atoms with E-state index in [0.717, 1.165) is 89.0 Å². The standard InChI is InChI=1S/C53H77ClN2O7/c1-31(2)42-37(57)28-53(40(58)29-55-30-52(21-11-10-12-22-52)56-44(59)32-13-15-33(54)16-14-32)26-25-50(8)34(43(42)53)17-18-39-49(7)23-20-41(48(5,6)38(49)19-24-51(39,50)9)63-46(62)36-27-35(45(60)61)47(36,3)4/h13-16,31,34-36,38-41,55,58H,10-12,17-30H2,1-9H3,(H,56,59)(H,60,61)/t34-,35+,36-,38+,39-,40+,41+,49+,50-,51-,53+/m1/s1. The Kier molecular flexibility index (Phi) is 12.1. The summed E-state index contributed by atoms with van der Waals surface area (Å²) in [5, 5.41) is 29.9. The van der Waals surface area contributed by atoms with Crippen molar-refractivity contribution in [1.29, 1.82) is 0 Å². The van der Waals surface area contributed by atoms with Gasteiger partial charge in [0.1, 0.15) is 6.10 Å². The fourth-order valence-electron chi connectivity index (χ4n) is 16.4. The van der Waals surface area contributed by atoms with E-state index < -0.39 is 40.3 Å². The quantitative estimate of drug-likeness (QED) is 0.161. The Morgan fingerprint density at radius 1 is 0.810 bits per heavy atom. The molecule has 11 atom stereocenters. The molecule has 348 valence electrons. The molecule has 4 N–H and O–H groups in total. The summed E-state index contributed by atoms with van der Waals surface area (Å²) in [6.45, 7) is 21.3. The van der Waals surface area contributed by atoms with Crippen LogP contribution in [0.25, 0.3) is 0 Å². The summed E-state index contributed by atoms with van der Waals surface area (Å²) >= 11 is 6.12. The number of allylic oxidation sites excluding steroid dienone is 1. The third-order valence-corrected chi connectivity index (χ3v) is 20.5. The molecule has 0 spiro atoms. The Hall–Kier alpha value is -2.75. The van der Waals surface area contributed by atoms with E-state index in [1.54, 1.807) is 24.3 Å². The average Bonchev–Trinajstić information content (AvgIpc) is 3.52.